The fourth-order valence-electron chi connectivity index (χ4n) is 2.44. The number of nitro groups is 1. The molecule has 0 fully saturated rings. The van der Waals surface area contributed by atoms with Gasteiger partial charge in [-0.25, -0.2) is 17.2 Å². The van der Waals surface area contributed by atoms with Gasteiger partial charge in [0.15, 0.2) is 27.1 Å². The van der Waals surface area contributed by atoms with Gasteiger partial charge in [0, 0.05) is 12.1 Å². The average Bonchev–Trinajstić information content (AvgIpc) is 2.62. The molecule has 0 aromatic heterocycles. The zero-order valence-electron chi connectivity index (χ0n) is 15.4. The summed E-state index contributed by atoms with van der Waals surface area (Å²) >= 11 is 0. The molecule has 0 aliphatic heterocycles. The predicted octanol–water partition coefficient (Wildman–Crippen LogP) is 3.06. The van der Waals surface area contributed by atoms with Crippen LogP contribution in [-0.4, -0.2) is 35.7 Å². The number of aliphatic hydroxyl groups is 1. The second-order valence-electron chi connectivity index (χ2n) is 6.55. The van der Waals surface area contributed by atoms with Gasteiger partial charge in [0.05, 0.1) is 26.8 Å². The van der Waals surface area contributed by atoms with Crippen molar-refractivity contribution < 1.29 is 45.2 Å². The molecule has 0 saturated carbocycles. The summed E-state index contributed by atoms with van der Waals surface area (Å²) in [7, 11) is -4.58. The van der Waals surface area contributed by atoms with Crippen LogP contribution in [0.5, 0.6) is 0 Å². The number of hydrogen-bond donors (Lipinski definition) is 2. The first-order valence-electron chi connectivity index (χ1n) is 8.12. The first kappa shape index (κ1) is 24.1. The van der Waals surface area contributed by atoms with E-state index in [-0.39, 0.29) is 6.07 Å². The number of hydrogen-bond acceptors (Lipinski definition) is 6. The van der Waals surface area contributed by atoms with Crippen LogP contribution in [-0.2, 0) is 20.8 Å². The number of alkyl halides is 3. The highest BCUT2D eigenvalue weighted by atomic mass is 32.2. The molecule has 2 aromatic rings. The minimum absolute atomic E-state index is 0.155. The van der Waals surface area contributed by atoms with Crippen molar-refractivity contribution in [3.8, 4) is 0 Å². The Morgan fingerprint density at radius 3 is 2.26 bits per heavy atom. The fraction of sp³-hybridized carbons (Fsp3) is 0.235. The summed E-state index contributed by atoms with van der Waals surface area (Å²) in [6.45, 7) is 0.679. The molecule has 0 aliphatic rings. The fourth-order valence-corrected chi connectivity index (χ4v) is 4.03. The highest BCUT2D eigenvalue weighted by Crippen LogP contribution is 2.37. The number of rotatable bonds is 6. The average molecular weight is 468 g/mol. The van der Waals surface area contributed by atoms with Crippen molar-refractivity contribution in [2.45, 2.75) is 23.6 Å². The number of non-ortho nitro benzene ring substituents is 1. The largest absolute Gasteiger partial charge is 0.418 e. The van der Waals surface area contributed by atoms with E-state index in [1.807, 2.05) is 0 Å². The van der Waals surface area contributed by atoms with Gasteiger partial charge >= 0.3 is 6.18 Å². The number of sulfone groups is 1. The summed E-state index contributed by atoms with van der Waals surface area (Å²) in [6.07, 6.45) is -5.13. The Kier molecular flexibility index (Phi) is 6.38. The van der Waals surface area contributed by atoms with Crippen molar-refractivity contribution in [3.05, 3.63) is 63.7 Å². The van der Waals surface area contributed by atoms with Crippen LogP contribution in [0.1, 0.15) is 12.5 Å². The van der Waals surface area contributed by atoms with Gasteiger partial charge in [0.25, 0.3) is 11.6 Å². The van der Waals surface area contributed by atoms with Crippen molar-refractivity contribution in [1.29, 1.82) is 0 Å². The molecule has 0 heterocycles. The molecular weight excluding hydrogens is 455 g/mol. The van der Waals surface area contributed by atoms with E-state index < -0.39 is 71.7 Å². The van der Waals surface area contributed by atoms with Gasteiger partial charge in [0.2, 0.25) is 0 Å². The van der Waals surface area contributed by atoms with E-state index in [0.717, 1.165) is 0 Å². The molecule has 14 heteroatoms. The monoisotopic (exact) mass is 468 g/mol. The molecule has 2 rings (SSSR count). The lowest BCUT2D eigenvalue weighted by Crippen LogP contribution is -2.46. The topological polar surface area (TPSA) is 127 Å². The molecule has 0 radical (unpaired) electrons. The first-order valence-corrected chi connectivity index (χ1v) is 9.77. The smallest absolute Gasteiger partial charge is 0.379 e. The number of benzene rings is 2. The molecule has 31 heavy (non-hydrogen) atoms. The van der Waals surface area contributed by atoms with Gasteiger partial charge in [0.1, 0.15) is 0 Å². The van der Waals surface area contributed by atoms with Crippen molar-refractivity contribution >= 4 is 27.1 Å². The van der Waals surface area contributed by atoms with Crippen LogP contribution >= 0.6 is 0 Å². The van der Waals surface area contributed by atoms with Crippen LogP contribution in [0.4, 0.5) is 33.3 Å². The summed E-state index contributed by atoms with van der Waals surface area (Å²) in [5.74, 6) is -5.82. The lowest BCUT2D eigenvalue weighted by molar-refractivity contribution is -0.385. The molecule has 168 valence electrons. The normalized spacial score (nSPS) is 14.0. The van der Waals surface area contributed by atoms with E-state index in [0.29, 0.717) is 37.3 Å². The molecule has 1 atom stereocenters. The number of carbonyl (C=O) groups excluding carboxylic acids is 1. The van der Waals surface area contributed by atoms with E-state index >= 15 is 0 Å². The summed E-state index contributed by atoms with van der Waals surface area (Å²) in [4.78, 5) is 21.1. The number of amides is 1. The molecule has 2 aromatic carbocycles. The number of anilines is 1. The molecule has 8 nitrogen and oxygen atoms in total. The molecule has 1 amide bonds. The third-order valence-electron chi connectivity index (χ3n) is 3.98. The Labute approximate surface area is 171 Å². The molecule has 1 unspecified atom stereocenters. The third-order valence-corrected chi connectivity index (χ3v) is 5.89. The van der Waals surface area contributed by atoms with Gasteiger partial charge in [-0.1, -0.05) is 0 Å². The Morgan fingerprint density at radius 1 is 1.13 bits per heavy atom. The number of halogens is 5. The molecule has 0 aliphatic carbocycles. The molecule has 0 spiro atoms. The summed E-state index contributed by atoms with van der Waals surface area (Å²) in [5.41, 5.74) is -6.30. The lowest BCUT2D eigenvalue weighted by Gasteiger charge is -2.23. The van der Waals surface area contributed by atoms with Crippen molar-refractivity contribution in [3.63, 3.8) is 0 Å². The van der Waals surface area contributed by atoms with Crippen LogP contribution in [0.3, 0.4) is 0 Å². The SMILES string of the molecule is CC(O)(CS(=O)(=O)c1ccc(F)c(F)c1)C(=O)Nc1ccc([N+](=O)[O-])cc1C(F)(F)F. The van der Waals surface area contributed by atoms with Crippen LogP contribution in [0.25, 0.3) is 0 Å². The quantitative estimate of drug-likeness (QED) is 0.290. The first-order chi connectivity index (χ1) is 14.0. The maximum absolute atomic E-state index is 13.3. The van der Waals surface area contributed by atoms with Gasteiger partial charge in [-0.2, -0.15) is 13.2 Å². The minimum Gasteiger partial charge on any atom is -0.379 e. The van der Waals surface area contributed by atoms with E-state index in [1.54, 1.807) is 5.32 Å². The van der Waals surface area contributed by atoms with Crippen LogP contribution in [0, 0.1) is 21.7 Å². The third kappa shape index (κ3) is 5.52. The maximum Gasteiger partial charge on any atom is 0.418 e. The van der Waals surface area contributed by atoms with Crippen LogP contribution in [0.15, 0.2) is 41.3 Å². The Hall–Kier alpha value is -3.13. The highest BCUT2D eigenvalue weighted by molar-refractivity contribution is 7.91. The number of carbonyl (C=O) groups is 1. The van der Waals surface area contributed by atoms with E-state index in [9.17, 15) is 50.4 Å². The Balaban J connectivity index is 2.34. The lowest BCUT2D eigenvalue weighted by atomic mass is 10.1. The Morgan fingerprint density at radius 2 is 1.74 bits per heavy atom. The van der Waals surface area contributed by atoms with Crippen LogP contribution in [0.2, 0.25) is 0 Å². The van der Waals surface area contributed by atoms with E-state index in [1.165, 1.54) is 0 Å². The number of nitrogens with zero attached hydrogens (tertiary/aromatic N) is 1. The zero-order chi connectivity index (χ0) is 23.8. The number of nitrogens with one attached hydrogen (secondary N) is 1. The van der Waals surface area contributed by atoms with Crippen molar-refractivity contribution in [2.24, 2.45) is 0 Å². The standard InChI is InChI=1S/C17H13F5N2O6S/c1-16(26,8-31(29,30)10-3-4-12(18)13(19)7-10)15(25)23-14-5-2-9(24(27)28)6-11(14)17(20,21)22/h2-7,26H,8H2,1H3,(H,23,25). The van der Waals surface area contributed by atoms with Gasteiger partial charge in [-0.3, -0.25) is 14.9 Å². The van der Waals surface area contributed by atoms with Crippen LogP contribution < -0.4 is 5.32 Å². The van der Waals surface area contributed by atoms with Gasteiger partial charge in [-0.15, -0.1) is 0 Å². The van der Waals surface area contributed by atoms with Gasteiger partial charge < -0.3 is 10.4 Å². The number of nitro benzene ring substituents is 1. The molecule has 0 bridgehead atoms. The second kappa shape index (κ2) is 8.19. The zero-order valence-corrected chi connectivity index (χ0v) is 16.2. The Bertz CT molecular complexity index is 1150. The van der Waals surface area contributed by atoms with E-state index in [2.05, 4.69) is 0 Å². The molecule has 0 saturated heterocycles. The van der Waals surface area contributed by atoms with Gasteiger partial charge in [-0.05, 0) is 31.2 Å². The predicted molar refractivity (Wildman–Crippen MR) is 95.8 cm³/mol. The minimum atomic E-state index is -5.13. The second-order valence-corrected chi connectivity index (χ2v) is 8.54. The van der Waals surface area contributed by atoms with E-state index in [4.69, 9.17) is 0 Å². The summed E-state index contributed by atoms with van der Waals surface area (Å²) in [5, 5.41) is 22.6. The maximum atomic E-state index is 13.3. The summed E-state index contributed by atoms with van der Waals surface area (Å²) in [6, 6.07) is 2.89. The van der Waals surface area contributed by atoms with Crippen molar-refractivity contribution in [2.75, 3.05) is 11.1 Å². The molecule has 2 N–H and O–H groups in total. The highest BCUT2D eigenvalue weighted by Gasteiger charge is 2.40. The summed E-state index contributed by atoms with van der Waals surface area (Å²) < 4.78 is 90.6. The van der Waals surface area contributed by atoms with Crippen molar-refractivity contribution in [1.82, 2.24) is 0 Å². The molecular formula is C17H13F5N2O6S.